The van der Waals surface area contributed by atoms with Gasteiger partial charge >= 0.3 is 6.09 Å². The van der Waals surface area contributed by atoms with Crippen LogP contribution in [0.5, 0.6) is 0 Å². The normalized spacial score (nSPS) is 12.4. The smallest absolute Gasteiger partial charge is 0.408 e. The molecule has 0 aromatic heterocycles. The summed E-state index contributed by atoms with van der Waals surface area (Å²) < 4.78 is 18.1. The van der Waals surface area contributed by atoms with Crippen molar-refractivity contribution in [3.63, 3.8) is 0 Å². The summed E-state index contributed by atoms with van der Waals surface area (Å²) in [5.74, 6) is -0.636. The summed E-state index contributed by atoms with van der Waals surface area (Å²) in [6.45, 7) is 5.83. The molecule has 0 fully saturated rings. The summed E-state index contributed by atoms with van der Waals surface area (Å²) in [5, 5.41) is 5.35. The summed E-state index contributed by atoms with van der Waals surface area (Å²) in [7, 11) is 0. The number of halogens is 1. The SMILES string of the molecule is CCCCC(NC(=O)OC(C)(C)CN)C(=O)NCc1ccc(F)cc1. The van der Waals surface area contributed by atoms with E-state index in [0.29, 0.717) is 6.42 Å². The van der Waals surface area contributed by atoms with Gasteiger partial charge in [0.2, 0.25) is 5.91 Å². The Hall–Kier alpha value is -2.15. The molecule has 4 N–H and O–H groups in total. The third-order valence-electron chi connectivity index (χ3n) is 3.70. The second-order valence-corrected chi connectivity index (χ2v) is 6.54. The van der Waals surface area contributed by atoms with Crippen molar-refractivity contribution in [1.82, 2.24) is 10.6 Å². The van der Waals surface area contributed by atoms with Crippen LogP contribution in [-0.2, 0) is 16.1 Å². The first-order valence-electron chi connectivity index (χ1n) is 8.49. The molecule has 1 unspecified atom stereocenters. The maximum atomic E-state index is 12.9. The Labute approximate surface area is 148 Å². The lowest BCUT2D eigenvalue weighted by molar-refractivity contribution is -0.123. The minimum Gasteiger partial charge on any atom is -0.442 e. The van der Waals surface area contributed by atoms with Crippen molar-refractivity contribution in [3.8, 4) is 0 Å². The molecule has 1 rings (SSSR count). The third-order valence-corrected chi connectivity index (χ3v) is 3.70. The van der Waals surface area contributed by atoms with Crippen LogP contribution in [-0.4, -0.2) is 30.2 Å². The van der Waals surface area contributed by atoms with E-state index in [2.05, 4.69) is 10.6 Å². The maximum absolute atomic E-state index is 12.9. The Morgan fingerprint density at radius 3 is 2.48 bits per heavy atom. The van der Waals surface area contributed by atoms with Crippen LogP contribution >= 0.6 is 0 Å². The number of alkyl carbamates (subject to hydrolysis) is 1. The van der Waals surface area contributed by atoms with E-state index in [1.807, 2.05) is 6.92 Å². The minimum atomic E-state index is -0.802. The topological polar surface area (TPSA) is 93.4 Å². The van der Waals surface area contributed by atoms with Crippen LogP contribution in [0, 0.1) is 5.82 Å². The second-order valence-electron chi connectivity index (χ2n) is 6.54. The second kappa shape index (κ2) is 9.98. The summed E-state index contributed by atoms with van der Waals surface area (Å²) in [4.78, 5) is 24.4. The van der Waals surface area contributed by atoms with Gasteiger partial charge in [0.05, 0.1) is 0 Å². The Bertz CT molecular complexity index is 561. The van der Waals surface area contributed by atoms with E-state index in [9.17, 15) is 14.0 Å². The number of ether oxygens (including phenoxy) is 1. The highest BCUT2D eigenvalue weighted by molar-refractivity contribution is 5.85. The van der Waals surface area contributed by atoms with Crippen molar-refractivity contribution >= 4 is 12.0 Å². The van der Waals surface area contributed by atoms with Crippen LogP contribution in [0.25, 0.3) is 0 Å². The predicted octanol–water partition coefficient (Wildman–Crippen LogP) is 2.46. The number of hydrogen-bond acceptors (Lipinski definition) is 4. The van der Waals surface area contributed by atoms with E-state index in [0.717, 1.165) is 18.4 Å². The van der Waals surface area contributed by atoms with Gasteiger partial charge in [0.1, 0.15) is 17.5 Å². The largest absolute Gasteiger partial charge is 0.442 e. The van der Waals surface area contributed by atoms with E-state index >= 15 is 0 Å². The zero-order valence-electron chi connectivity index (χ0n) is 15.1. The lowest BCUT2D eigenvalue weighted by Crippen LogP contribution is -2.49. The molecule has 0 aliphatic carbocycles. The molecule has 1 aromatic carbocycles. The average Bonchev–Trinajstić information content (AvgIpc) is 2.57. The van der Waals surface area contributed by atoms with Crippen LogP contribution in [0.2, 0.25) is 0 Å². The molecular formula is C18H28FN3O3. The Morgan fingerprint density at radius 2 is 1.92 bits per heavy atom. The van der Waals surface area contributed by atoms with Crippen molar-refractivity contribution in [1.29, 1.82) is 0 Å². The quantitative estimate of drug-likeness (QED) is 0.636. The molecule has 2 amide bonds. The molecule has 0 heterocycles. The number of unbranched alkanes of at least 4 members (excludes halogenated alkanes) is 1. The molecule has 0 saturated carbocycles. The molecule has 1 aromatic rings. The number of carbonyl (C=O) groups excluding carboxylic acids is 2. The highest BCUT2D eigenvalue weighted by Gasteiger charge is 2.25. The van der Waals surface area contributed by atoms with E-state index in [1.54, 1.807) is 26.0 Å². The standard InChI is InChI=1S/C18H28FN3O3/c1-4-5-6-15(22-17(24)25-18(2,3)12-20)16(23)21-11-13-7-9-14(19)10-8-13/h7-10,15H,4-6,11-12,20H2,1-3H3,(H,21,23)(H,22,24). The van der Waals surface area contributed by atoms with Gasteiger partial charge in [-0.15, -0.1) is 0 Å². The van der Waals surface area contributed by atoms with Gasteiger partial charge in [0.25, 0.3) is 0 Å². The lowest BCUT2D eigenvalue weighted by Gasteiger charge is -2.25. The van der Waals surface area contributed by atoms with Crippen molar-refractivity contribution in [2.24, 2.45) is 5.73 Å². The molecule has 0 radical (unpaired) electrons. The highest BCUT2D eigenvalue weighted by Crippen LogP contribution is 2.09. The van der Waals surface area contributed by atoms with Gasteiger partial charge < -0.3 is 21.1 Å². The van der Waals surface area contributed by atoms with E-state index in [4.69, 9.17) is 10.5 Å². The minimum absolute atomic E-state index is 0.177. The zero-order chi connectivity index (χ0) is 18.9. The van der Waals surface area contributed by atoms with E-state index in [1.165, 1.54) is 12.1 Å². The summed E-state index contributed by atoms with van der Waals surface area (Å²) in [6.07, 6.45) is 1.51. The first kappa shape index (κ1) is 20.9. The van der Waals surface area contributed by atoms with Crippen molar-refractivity contribution in [3.05, 3.63) is 35.6 Å². The molecule has 0 saturated heterocycles. The first-order valence-corrected chi connectivity index (χ1v) is 8.49. The predicted molar refractivity (Wildman–Crippen MR) is 94.3 cm³/mol. The molecule has 0 bridgehead atoms. The van der Waals surface area contributed by atoms with Crippen molar-refractivity contribution < 1.29 is 18.7 Å². The number of benzene rings is 1. The molecule has 0 spiro atoms. The lowest BCUT2D eigenvalue weighted by atomic mass is 10.1. The van der Waals surface area contributed by atoms with Crippen LogP contribution in [0.4, 0.5) is 9.18 Å². The number of rotatable bonds is 9. The Morgan fingerprint density at radius 1 is 1.28 bits per heavy atom. The molecular weight excluding hydrogens is 325 g/mol. The van der Waals surface area contributed by atoms with Gasteiger partial charge in [0.15, 0.2) is 0 Å². The van der Waals surface area contributed by atoms with Crippen molar-refractivity contribution in [2.45, 2.75) is 58.2 Å². The van der Waals surface area contributed by atoms with Crippen LogP contribution in [0.3, 0.4) is 0 Å². The van der Waals surface area contributed by atoms with Crippen LogP contribution in [0.15, 0.2) is 24.3 Å². The highest BCUT2D eigenvalue weighted by atomic mass is 19.1. The summed E-state index contributed by atoms with van der Waals surface area (Å²) in [5.41, 5.74) is 5.51. The molecule has 0 aliphatic heterocycles. The summed E-state index contributed by atoms with van der Waals surface area (Å²) in [6, 6.07) is 5.17. The molecule has 6 nitrogen and oxygen atoms in total. The zero-order valence-corrected chi connectivity index (χ0v) is 15.1. The van der Waals surface area contributed by atoms with Crippen LogP contribution in [0.1, 0.15) is 45.6 Å². The Kier molecular flexibility index (Phi) is 8.34. The fourth-order valence-corrected chi connectivity index (χ4v) is 2.06. The fraction of sp³-hybridized carbons (Fsp3) is 0.556. The van der Waals surface area contributed by atoms with Gasteiger partial charge in [-0.2, -0.15) is 0 Å². The molecule has 7 heteroatoms. The van der Waals surface area contributed by atoms with E-state index < -0.39 is 17.7 Å². The number of nitrogens with one attached hydrogen (secondary N) is 2. The van der Waals surface area contributed by atoms with Gasteiger partial charge in [0, 0.05) is 13.1 Å². The maximum Gasteiger partial charge on any atom is 0.408 e. The van der Waals surface area contributed by atoms with Gasteiger partial charge in [-0.25, -0.2) is 9.18 Å². The molecule has 0 aliphatic rings. The van der Waals surface area contributed by atoms with Gasteiger partial charge in [-0.3, -0.25) is 4.79 Å². The molecule has 25 heavy (non-hydrogen) atoms. The fourth-order valence-electron chi connectivity index (χ4n) is 2.06. The molecule has 1 atom stereocenters. The van der Waals surface area contributed by atoms with E-state index in [-0.39, 0.29) is 24.8 Å². The first-order chi connectivity index (χ1) is 11.8. The number of hydrogen-bond donors (Lipinski definition) is 3. The van der Waals surface area contributed by atoms with Crippen LogP contribution < -0.4 is 16.4 Å². The number of amides is 2. The number of carbonyl (C=O) groups is 2. The number of nitrogens with two attached hydrogens (primary N) is 1. The van der Waals surface area contributed by atoms with Crippen molar-refractivity contribution in [2.75, 3.05) is 6.54 Å². The average molecular weight is 353 g/mol. The Balaban J connectivity index is 2.61. The van der Waals surface area contributed by atoms with Gasteiger partial charge in [-0.05, 0) is 38.0 Å². The summed E-state index contributed by atoms with van der Waals surface area (Å²) >= 11 is 0. The third kappa shape index (κ3) is 7.98. The van der Waals surface area contributed by atoms with Gasteiger partial charge in [-0.1, -0.05) is 31.9 Å². The monoisotopic (exact) mass is 353 g/mol. The molecule has 140 valence electrons.